The predicted molar refractivity (Wildman–Crippen MR) is 136 cm³/mol. The first kappa shape index (κ1) is 22.8. The van der Waals surface area contributed by atoms with Crippen molar-refractivity contribution in [2.75, 3.05) is 0 Å². The summed E-state index contributed by atoms with van der Waals surface area (Å²) in [7, 11) is 0. The third kappa shape index (κ3) is 4.65. The number of allylic oxidation sites excluding steroid dienone is 1. The Morgan fingerprint density at radius 2 is 1.44 bits per heavy atom. The number of hydrogen-bond donors (Lipinski definition) is 1. The number of aliphatic imine (C=N–C) groups is 1. The maximum atomic E-state index is 12.7. The van der Waals surface area contributed by atoms with Gasteiger partial charge in [-0.3, -0.25) is 4.79 Å². The van der Waals surface area contributed by atoms with Gasteiger partial charge in [-0.2, -0.15) is 0 Å². The highest BCUT2D eigenvalue weighted by Gasteiger charge is 2.33. The standard InChI is InChI=1S/C30H21NO5/c32-27-20-25(16-17-26(27)28(33)21-8-3-1-4-9-21)35-29(34)22-12-14-23(15-13-22)30(18-7-19-31-30)36-24-10-5-2-6-11-24/h1-20,32H. The van der Waals surface area contributed by atoms with Gasteiger partial charge < -0.3 is 14.6 Å². The van der Waals surface area contributed by atoms with Gasteiger partial charge in [0, 0.05) is 23.4 Å². The van der Waals surface area contributed by atoms with Crippen molar-refractivity contribution in [1.82, 2.24) is 0 Å². The zero-order valence-electron chi connectivity index (χ0n) is 19.1. The van der Waals surface area contributed by atoms with Crippen LogP contribution < -0.4 is 9.47 Å². The van der Waals surface area contributed by atoms with Gasteiger partial charge in [0.05, 0.1) is 11.1 Å². The third-order valence-corrected chi connectivity index (χ3v) is 5.69. The number of rotatable bonds is 7. The molecule has 6 nitrogen and oxygen atoms in total. The molecule has 4 aromatic rings. The smallest absolute Gasteiger partial charge is 0.343 e. The lowest BCUT2D eigenvalue weighted by molar-refractivity contribution is 0.0734. The minimum absolute atomic E-state index is 0.124. The van der Waals surface area contributed by atoms with Crippen LogP contribution in [0.15, 0.2) is 120 Å². The molecule has 4 aromatic carbocycles. The van der Waals surface area contributed by atoms with E-state index >= 15 is 0 Å². The Morgan fingerprint density at radius 3 is 2.08 bits per heavy atom. The third-order valence-electron chi connectivity index (χ3n) is 5.69. The molecular formula is C30H21NO5. The van der Waals surface area contributed by atoms with Crippen molar-refractivity contribution in [1.29, 1.82) is 0 Å². The molecule has 36 heavy (non-hydrogen) atoms. The number of esters is 1. The van der Waals surface area contributed by atoms with E-state index in [4.69, 9.17) is 9.47 Å². The van der Waals surface area contributed by atoms with Crippen molar-refractivity contribution in [3.63, 3.8) is 0 Å². The lowest BCUT2D eigenvalue weighted by Gasteiger charge is -2.26. The van der Waals surface area contributed by atoms with E-state index in [0.29, 0.717) is 16.9 Å². The fourth-order valence-electron chi connectivity index (χ4n) is 3.85. The molecule has 6 heteroatoms. The summed E-state index contributed by atoms with van der Waals surface area (Å²) in [4.78, 5) is 29.8. The molecule has 176 valence electrons. The largest absolute Gasteiger partial charge is 0.507 e. The lowest BCUT2D eigenvalue weighted by Crippen LogP contribution is -2.27. The van der Waals surface area contributed by atoms with Crippen LogP contribution in [-0.4, -0.2) is 23.1 Å². The molecule has 0 fully saturated rings. The van der Waals surface area contributed by atoms with Gasteiger partial charge in [0.2, 0.25) is 5.72 Å². The molecule has 0 radical (unpaired) electrons. The van der Waals surface area contributed by atoms with E-state index in [9.17, 15) is 14.7 Å². The maximum Gasteiger partial charge on any atom is 0.343 e. The Morgan fingerprint density at radius 1 is 0.750 bits per heavy atom. The van der Waals surface area contributed by atoms with Gasteiger partial charge in [-0.1, -0.05) is 60.7 Å². The maximum absolute atomic E-state index is 12.7. The number of para-hydroxylation sites is 1. The van der Waals surface area contributed by atoms with Crippen LogP contribution in [0.5, 0.6) is 17.2 Å². The predicted octanol–water partition coefficient (Wildman–Crippen LogP) is 5.71. The molecule has 0 saturated carbocycles. The summed E-state index contributed by atoms with van der Waals surface area (Å²) in [6.07, 6.45) is 5.32. The van der Waals surface area contributed by atoms with E-state index in [1.54, 1.807) is 60.8 Å². The van der Waals surface area contributed by atoms with Crippen LogP contribution in [0.2, 0.25) is 0 Å². The van der Waals surface area contributed by atoms with Crippen LogP contribution in [0.1, 0.15) is 31.8 Å². The van der Waals surface area contributed by atoms with Gasteiger partial charge >= 0.3 is 5.97 Å². The average molecular weight is 476 g/mol. The van der Waals surface area contributed by atoms with Gasteiger partial charge in [0.1, 0.15) is 17.2 Å². The topological polar surface area (TPSA) is 85.2 Å². The lowest BCUT2D eigenvalue weighted by atomic mass is 10.0. The highest BCUT2D eigenvalue weighted by molar-refractivity contribution is 6.10. The van der Waals surface area contributed by atoms with Gasteiger partial charge in [0.25, 0.3) is 0 Å². The van der Waals surface area contributed by atoms with E-state index in [1.807, 2.05) is 42.5 Å². The Kier molecular flexibility index (Phi) is 6.16. The number of benzene rings is 4. The van der Waals surface area contributed by atoms with E-state index in [1.165, 1.54) is 18.2 Å². The minimum atomic E-state index is -1.02. The number of carbonyl (C=O) groups is 2. The number of nitrogens with zero attached hydrogens (tertiary/aromatic N) is 1. The molecule has 0 saturated heterocycles. The molecule has 0 aromatic heterocycles. The molecule has 1 unspecified atom stereocenters. The van der Waals surface area contributed by atoms with Crippen LogP contribution in [0.25, 0.3) is 0 Å². The summed E-state index contributed by atoms with van der Waals surface area (Å²) in [6, 6.07) is 28.9. The SMILES string of the molecule is O=C(Oc1ccc(C(=O)c2ccccc2)c(O)c1)c1ccc(C2(Oc3ccccc3)C=CC=N2)cc1. The fourth-order valence-corrected chi connectivity index (χ4v) is 3.85. The molecular weight excluding hydrogens is 454 g/mol. The molecule has 1 atom stereocenters. The first-order chi connectivity index (χ1) is 17.5. The van der Waals surface area contributed by atoms with Gasteiger partial charge in [-0.05, 0) is 48.6 Å². The van der Waals surface area contributed by atoms with Gasteiger partial charge in [0.15, 0.2) is 5.78 Å². The minimum Gasteiger partial charge on any atom is -0.507 e. The molecule has 0 amide bonds. The van der Waals surface area contributed by atoms with Crippen LogP contribution >= 0.6 is 0 Å². The van der Waals surface area contributed by atoms with E-state index in [-0.39, 0.29) is 22.8 Å². The quantitative estimate of drug-likeness (QED) is 0.210. The first-order valence-electron chi connectivity index (χ1n) is 11.3. The van der Waals surface area contributed by atoms with E-state index < -0.39 is 11.7 Å². The Hall–Kier alpha value is -4.97. The Labute approximate surface area is 207 Å². The summed E-state index contributed by atoms with van der Waals surface area (Å²) in [6.45, 7) is 0. The van der Waals surface area contributed by atoms with Gasteiger partial charge in [-0.15, -0.1) is 0 Å². The second-order valence-electron chi connectivity index (χ2n) is 8.09. The van der Waals surface area contributed by atoms with Crippen molar-refractivity contribution in [2.45, 2.75) is 5.72 Å². The van der Waals surface area contributed by atoms with E-state index in [2.05, 4.69) is 4.99 Å². The summed E-state index contributed by atoms with van der Waals surface area (Å²) < 4.78 is 11.6. The number of aromatic hydroxyl groups is 1. The second kappa shape index (κ2) is 9.72. The number of hydrogen-bond acceptors (Lipinski definition) is 6. The second-order valence-corrected chi connectivity index (χ2v) is 8.09. The monoisotopic (exact) mass is 475 g/mol. The highest BCUT2D eigenvalue weighted by atomic mass is 16.5. The van der Waals surface area contributed by atoms with Gasteiger partial charge in [-0.25, -0.2) is 9.79 Å². The normalized spacial score (nSPS) is 16.0. The molecule has 0 spiro atoms. The summed E-state index contributed by atoms with van der Waals surface area (Å²) >= 11 is 0. The van der Waals surface area contributed by atoms with Crippen LogP contribution in [0, 0.1) is 0 Å². The zero-order chi connectivity index (χ0) is 25.0. The molecule has 5 rings (SSSR count). The molecule has 0 aliphatic carbocycles. The van der Waals surface area contributed by atoms with E-state index in [0.717, 1.165) is 5.56 Å². The summed E-state index contributed by atoms with van der Waals surface area (Å²) in [5, 5.41) is 10.4. The number of ketones is 1. The summed E-state index contributed by atoms with van der Waals surface area (Å²) in [5.41, 5.74) is 0.613. The van der Waals surface area contributed by atoms with Crippen molar-refractivity contribution in [3.05, 3.63) is 138 Å². The number of phenols is 1. The Balaban J connectivity index is 1.31. The average Bonchev–Trinajstić information content (AvgIpc) is 3.39. The number of carbonyl (C=O) groups excluding carboxylic acids is 2. The number of ether oxygens (including phenoxy) is 2. The molecule has 1 heterocycles. The fraction of sp³-hybridized carbons (Fsp3) is 0.0333. The van der Waals surface area contributed by atoms with Crippen molar-refractivity contribution in [3.8, 4) is 17.2 Å². The van der Waals surface area contributed by atoms with Crippen molar-refractivity contribution >= 4 is 18.0 Å². The zero-order valence-corrected chi connectivity index (χ0v) is 19.1. The molecule has 1 aliphatic heterocycles. The van der Waals surface area contributed by atoms with Crippen LogP contribution in [0.3, 0.4) is 0 Å². The highest BCUT2D eigenvalue weighted by Crippen LogP contribution is 2.34. The molecule has 0 bridgehead atoms. The number of phenolic OH excluding ortho intramolecular Hbond substituents is 1. The summed E-state index contributed by atoms with van der Waals surface area (Å²) in [5.74, 6) is -0.407. The van der Waals surface area contributed by atoms with Crippen molar-refractivity contribution in [2.24, 2.45) is 4.99 Å². The van der Waals surface area contributed by atoms with Crippen LogP contribution in [-0.2, 0) is 5.72 Å². The molecule has 1 N–H and O–H groups in total. The first-order valence-corrected chi connectivity index (χ1v) is 11.3. The van der Waals surface area contributed by atoms with Crippen LogP contribution in [0.4, 0.5) is 0 Å². The Bertz CT molecular complexity index is 1450. The molecule has 1 aliphatic rings. The van der Waals surface area contributed by atoms with Crippen molar-refractivity contribution < 1.29 is 24.2 Å².